The van der Waals surface area contributed by atoms with Gasteiger partial charge in [0.15, 0.2) is 11.5 Å². The summed E-state index contributed by atoms with van der Waals surface area (Å²) in [4.78, 5) is 11.7. The molecule has 0 saturated heterocycles. The van der Waals surface area contributed by atoms with E-state index in [1.54, 1.807) is 18.7 Å². The summed E-state index contributed by atoms with van der Waals surface area (Å²) < 4.78 is 19.3. The zero-order valence-electron chi connectivity index (χ0n) is 21.1. The van der Waals surface area contributed by atoms with E-state index in [0.717, 1.165) is 41.9 Å². The Morgan fingerprint density at radius 2 is 1.47 bits per heavy atom. The van der Waals surface area contributed by atoms with Crippen molar-refractivity contribution in [2.24, 2.45) is 0 Å². The Labute approximate surface area is 220 Å². The Balaban J connectivity index is 1.75. The van der Waals surface area contributed by atoms with E-state index in [1.165, 1.54) is 0 Å². The molecule has 2 aromatic heterocycles. The van der Waals surface area contributed by atoms with Gasteiger partial charge < -0.3 is 19.1 Å². The van der Waals surface area contributed by atoms with E-state index in [9.17, 15) is 0 Å². The minimum absolute atomic E-state index is 0.0592. The molecular weight excluding hydrogens is 522 g/mol. The second-order valence-electron chi connectivity index (χ2n) is 8.54. The molecule has 9 heteroatoms. The molecule has 190 valence electrons. The number of hydrogen-bond acceptors (Lipinski definition) is 7. The maximum Gasteiger partial charge on any atom is 0.336 e. The van der Waals surface area contributed by atoms with Crippen LogP contribution in [0, 0.1) is 0 Å². The number of nitrogens with zero attached hydrogens (tertiary/aromatic N) is 5. The molecule has 0 spiro atoms. The maximum absolute atomic E-state index is 6.23. The Morgan fingerprint density at radius 1 is 0.889 bits per heavy atom. The van der Waals surface area contributed by atoms with Crippen molar-refractivity contribution in [3.63, 3.8) is 0 Å². The number of hydrogen-bond donors (Lipinski definition) is 0. The van der Waals surface area contributed by atoms with E-state index < -0.39 is 0 Å². The highest BCUT2D eigenvalue weighted by Gasteiger charge is 2.20. The first-order chi connectivity index (χ1) is 17.5. The van der Waals surface area contributed by atoms with Crippen LogP contribution in [0.1, 0.15) is 44.2 Å². The zero-order valence-corrected chi connectivity index (χ0v) is 22.7. The lowest BCUT2D eigenvalue weighted by Gasteiger charge is -2.25. The van der Waals surface area contributed by atoms with Crippen LogP contribution < -0.4 is 19.1 Å². The second kappa shape index (κ2) is 12.1. The molecule has 4 rings (SSSR count). The van der Waals surface area contributed by atoms with Crippen molar-refractivity contribution in [1.82, 2.24) is 19.6 Å². The molecule has 36 heavy (non-hydrogen) atoms. The number of imidazole rings is 1. The van der Waals surface area contributed by atoms with Gasteiger partial charge in [0.05, 0.1) is 20.4 Å². The smallest absolute Gasteiger partial charge is 0.336 e. The fourth-order valence-electron chi connectivity index (χ4n) is 4.01. The first kappa shape index (κ1) is 25.8. The van der Waals surface area contributed by atoms with Crippen LogP contribution in [0.15, 0.2) is 59.3 Å². The van der Waals surface area contributed by atoms with Crippen LogP contribution in [0.2, 0.25) is 0 Å². The molecule has 0 fully saturated rings. The van der Waals surface area contributed by atoms with Gasteiger partial charge in [0.2, 0.25) is 0 Å². The molecule has 0 N–H and O–H groups in total. The molecule has 8 nitrogen and oxygen atoms in total. The Bertz CT molecular complexity index is 1210. The van der Waals surface area contributed by atoms with Crippen molar-refractivity contribution < 1.29 is 14.2 Å². The predicted octanol–water partition coefficient (Wildman–Crippen LogP) is 6.07. The van der Waals surface area contributed by atoms with E-state index in [2.05, 4.69) is 69.0 Å². The number of benzene rings is 2. The molecule has 0 bridgehead atoms. The van der Waals surface area contributed by atoms with Gasteiger partial charge in [-0.05, 0) is 64.2 Å². The molecule has 0 aliphatic carbocycles. The van der Waals surface area contributed by atoms with E-state index >= 15 is 0 Å². The highest BCUT2D eigenvalue weighted by molar-refractivity contribution is 9.10. The highest BCUT2D eigenvalue weighted by atomic mass is 79.9. The van der Waals surface area contributed by atoms with Gasteiger partial charge in [0.1, 0.15) is 22.2 Å². The Morgan fingerprint density at radius 3 is 1.97 bits per heavy atom. The number of fused-ring (bicyclic) bond motifs is 1. The number of methoxy groups -OCH3 is 2. The van der Waals surface area contributed by atoms with E-state index in [4.69, 9.17) is 19.2 Å². The molecular formula is C27H32BrN5O3. The summed E-state index contributed by atoms with van der Waals surface area (Å²) in [5.41, 5.74) is 2.89. The maximum atomic E-state index is 6.23. The summed E-state index contributed by atoms with van der Waals surface area (Å²) in [5.74, 6) is 2.34. The zero-order chi connectivity index (χ0) is 25.5. The number of ether oxygens (including phenoxy) is 3. The average molecular weight is 554 g/mol. The lowest BCUT2D eigenvalue weighted by molar-refractivity contribution is 0.167. The standard InChI is InChI=1S/C27H32BrN5O3/c1-5-7-21(6-2)36-27-30-25(26-29-24(28)18-33(26)31-27)32(16-19-8-12-22(34-3)13-9-19)17-20-10-14-23(35-4)15-11-20/h8-15,18,21H,5-7,16-17H2,1-4H3. The summed E-state index contributed by atoms with van der Waals surface area (Å²) in [5, 5.41) is 4.60. The van der Waals surface area contributed by atoms with Gasteiger partial charge in [0.25, 0.3) is 0 Å². The second-order valence-corrected chi connectivity index (χ2v) is 9.35. The summed E-state index contributed by atoms with van der Waals surface area (Å²) in [6.45, 7) is 5.49. The van der Waals surface area contributed by atoms with E-state index in [1.807, 2.05) is 30.5 Å². The summed E-state index contributed by atoms with van der Waals surface area (Å²) in [7, 11) is 3.34. The quantitative estimate of drug-likeness (QED) is 0.211. The topological polar surface area (TPSA) is 74.0 Å². The summed E-state index contributed by atoms with van der Waals surface area (Å²) in [6.07, 6.45) is 4.75. The monoisotopic (exact) mass is 553 g/mol. The van der Waals surface area contributed by atoms with Crippen LogP contribution in [-0.2, 0) is 13.1 Å². The molecule has 0 aliphatic rings. The summed E-state index contributed by atoms with van der Waals surface area (Å²) >= 11 is 3.50. The first-order valence-corrected chi connectivity index (χ1v) is 12.9. The van der Waals surface area contributed by atoms with Crippen molar-refractivity contribution in [3.8, 4) is 17.5 Å². The highest BCUT2D eigenvalue weighted by Crippen LogP contribution is 2.27. The largest absolute Gasteiger partial charge is 0.497 e. The molecule has 0 amide bonds. The molecule has 4 aromatic rings. The summed E-state index contributed by atoms with van der Waals surface area (Å²) in [6, 6.07) is 16.5. The molecule has 1 atom stereocenters. The lowest BCUT2D eigenvalue weighted by Crippen LogP contribution is -2.25. The first-order valence-electron chi connectivity index (χ1n) is 12.1. The SMILES string of the molecule is CCCC(CC)Oc1nc(N(Cc2ccc(OC)cc2)Cc2ccc(OC)cc2)c2nc(Br)cn2n1. The molecule has 1 unspecified atom stereocenters. The lowest BCUT2D eigenvalue weighted by atomic mass is 10.1. The number of halogens is 1. The minimum Gasteiger partial charge on any atom is -0.497 e. The van der Waals surface area contributed by atoms with Crippen molar-refractivity contribution >= 4 is 27.4 Å². The molecule has 2 heterocycles. The normalized spacial score (nSPS) is 11.9. The molecule has 0 saturated carbocycles. The van der Waals surface area contributed by atoms with Crippen LogP contribution in [0.25, 0.3) is 5.65 Å². The molecule has 0 radical (unpaired) electrons. The minimum atomic E-state index is 0.0592. The third-order valence-corrected chi connectivity index (χ3v) is 6.34. The number of anilines is 1. The molecule has 0 aliphatic heterocycles. The predicted molar refractivity (Wildman–Crippen MR) is 144 cm³/mol. The number of aromatic nitrogens is 4. The van der Waals surface area contributed by atoms with Gasteiger partial charge >= 0.3 is 6.01 Å². The van der Waals surface area contributed by atoms with Gasteiger partial charge in [-0.1, -0.05) is 44.5 Å². The van der Waals surface area contributed by atoms with Crippen LogP contribution in [0.5, 0.6) is 17.5 Å². The van der Waals surface area contributed by atoms with Gasteiger partial charge in [0, 0.05) is 13.1 Å². The van der Waals surface area contributed by atoms with Crippen LogP contribution in [-0.4, -0.2) is 39.9 Å². The van der Waals surface area contributed by atoms with Crippen molar-refractivity contribution in [2.75, 3.05) is 19.1 Å². The third kappa shape index (κ3) is 6.26. The van der Waals surface area contributed by atoms with Gasteiger partial charge in [-0.25, -0.2) is 9.50 Å². The fraction of sp³-hybridized carbons (Fsp3) is 0.370. The van der Waals surface area contributed by atoms with Gasteiger partial charge in [-0.3, -0.25) is 0 Å². The van der Waals surface area contributed by atoms with Gasteiger partial charge in [-0.15, -0.1) is 5.10 Å². The van der Waals surface area contributed by atoms with Crippen molar-refractivity contribution in [1.29, 1.82) is 0 Å². The van der Waals surface area contributed by atoms with E-state index in [-0.39, 0.29) is 6.10 Å². The number of rotatable bonds is 12. The molecule has 2 aromatic carbocycles. The fourth-order valence-corrected chi connectivity index (χ4v) is 4.38. The average Bonchev–Trinajstić information content (AvgIpc) is 3.28. The van der Waals surface area contributed by atoms with Crippen LogP contribution in [0.4, 0.5) is 5.82 Å². The van der Waals surface area contributed by atoms with Gasteiger partial charge in [-0.2, -0.15) is 4.98 Å². The van der Waals surface area contributed by atoms with Crippen molar-refractivity contribution in [2.45, 2.75) is 52.3 Å². The van der Waals surface area contributed by atoms with Crippen LogP contribution >= 0.6 is 15.9 Å². The Hall–Kier alpha value is -3.33. The van der Waals surface area contributed by atoms with E-state index in [0.29, 0.717) is 35.2 Å². The van der Waals surface area contributed by atoms with Crippen molar-refractivity contribution in [3.05, 3.63) is 70.5 Å². The Kier molecular flexibility index (Phi) is 8.64. The van der Waals surface area contributed by atoms with Crippen LogP contribution in [0.3, 0.4) is 0 Å². The third-order valence-electron chi connectivity index (χ3n) is 5.96.